The van der Waals surface area contributed by atoms with Crippen molar-refractivity contribution in [3.05, 3.63) is 0 Å². The molecule has 2 saturated heterocycles. The first-order chi connectivity index (χ1) is 10.2. The second-order valence-corrected chi connectivity index (χ2v) is 8.03. The molecule has 4 N–H and O–H groups in total. The lowest BCUT2D eigenvalue weighted by molar-refractivity contribution is -0.926. The molecule has 0 spiro atoms. The maximum atomic E-state index is 12.4. The van der Waals surface area contributed by atoms with Gasteiger partial charge in [-0.2, -0.15) is 14.3 Å². The zero-order valence-corrected chi connectivity index (χ0v) is 14.0. The molecule has 5 atom stereocenters. The molecular weight excluding hydrogens is 311 g/mol. The summed E-state index contributed by atoms with van der Waals surface area (Å²) < 4.78 is 10.5. The average Bonchev–Trinajstić information content (AvgIpc) is 2.67. The van der Waals surface area contributed by atoms with Crippen molar-refractivity contribution in [1.29, 1.82) is 0 Å². The molecule has 2 aliphatic rings. The van der Waals surface area contributed by atoms with E-state index in [0.717, 1.165) is 12.8 Å². The van der Waals surface area contributed by atoms with Gasteiger partial charge in [-0.3, -0.25) is 9.59 Å². The Morgan fingerprint density at radius 1 is 1.36 bits per heavy atom. The molecule has 0 aromatic heterocycles. The number of likely N-dealkylation sites (N-methyl/N-ethyl adjacent to an activating group) is 1. The van der Waals surface area contributed by atoms with Crippen molar-refractivity contribution in [3.8, 4) is 0 Å². The Morgan fingerprint density at radius 3 is 2.64 bits per heavy atom. The quantitative estimate of drug-likeness (QED) is 0.345. The molecular formula is C13H25N2O6P+2. The summed E-state index contributed by atoms with van der Waals surface area (Å²) in [5.74, 6) is -1.47. The number of carbonyl (C=O) groups excluding carboxylic acids is 2. The smallest absolute Gasteiger partial charge is 0.403 e. The number of piperidine rings is 1. The summed E-state index contributed by atoms with van der Waals surface area (Å²) in [6.45, 7) is 0.894. The third-order valence-electron chi connectivity index (χ3n) is 4.64. The maximum absolute atomic E-state index is 12.4. The van der Waals surface area contributed by atoms with Gasteiger partial charge in [-0.25, -0.2) is 0 Å². The van der Waals surface area contributed by atoms with Gasteiger partial charge in [0.2, 0.25) is 0 Å². The lowest BCUT2D eigenvalue weighted by Crippen LogP contribution is -3.16. The number of hydrogen-bond donors (Lipinski definition) is 4. The van der Waals surface area contributed by atoms with Crippen LogP contribution >= 0.6 is 7.94 Å². The Bertz CT molecular complexity index is 441. The minimum absolute atomic E-state index is 0.0208. The first-order valence-corrected chi connectivity index (χ1v) is 9.50. The van der Waals surface area contributed by atoms with E-state index in [1.54, 1.807) is 0 Å². The van der Waals surface area contributed by atoms with Crippen LogP contribution in [0.15, 0.2) is 0 Å². The van der Waals surface area contributed by atoms with Crippen molar-refractivity contribution >= 4 is 19.8 Å². The Hall–Kier alpha value is -0.790. The minimum Gasteiger partial charge on any atom is -0.455 e. The maximum Gasteiger partial charge on any atom is 0.403 e. The van der Waals surface area contributed by atoms with Crippen LogP contribution in [-0.2, 0) is 18.8 Å². The van der Waals surface area contributed by atoms with E-state index in [9.17, 15) is 19.4 Å². The van der Waals surface area contributed by atoms with Crippen LogP contribution in [0, 0.1) is 5.92 Å². The number of fused-ring (bicyclic) bond motifs is 2. The molecule has 126 valence electrons. The largest absolute Gasteiger partial charge is 0.455 e. The van der Waals surface area contributed by atoms with Crippen molar-refractivity contribution in [2.45, 2.75) is 37.5 Å². The highest BCUT2D eigenvalue weighted by Crippen LogP contribution is 2.50. The van der Waals surface area contributed by atoms with Crippen LogP contribution in [0.4, 0.5) is 0 Å². The number of quaternary nitrogens is 1. The lowest BCUT2D eigenvalue weighted by atomic mass is 9.88. The highest BCUT2D eigenvalue weighted by molar-refractivity contribution is 7.58. The molecule has 0 aliphatic carbocycles. The van der Waals surface area contributed by atoms with E-state index in [2.05, 4.69) is 5.32 Å². The van der Waals surface area contributed by atoms with Crippen LogP contribution in [0.5, 0.6) is 0 Å². The summed E-state index contributed by atoms with van der Waals surface area (Å²) in [4.78, 5) is 44.1. The number of carbonyl (C=O) groups is 2. The predicted molar refractivity (Wildman–Crippen MR) is 79.0 cm³/mol. The molecule has 2 heterocycles. The van der Waals surface area contributed by atoms with Crippen LogP contribution in [0.25, 0.3) is 0 Å². The van der Waals surface area contributed by atoms with Crippen molar-refractivity contribution in [1.82, 2.24) is 5.32 Å². The number of esters is 1. The molecule has 0 aromatic rings. The summed E-state index contributed by atoms with van der Waals surface area (Å²) in [6.07, 6.45) is 1.84. The fourth-order valence-corrected chi connectivity index (χ4v) is 4.31. The normalized spacial score (nSPS) is 34.3. The first-order valence-electron chi connectivity index (χ1n) is 7.44. The van der Waals surface area contributed by atoms with E-state index in [1.807, 2.05) is 7.05 Å². The van der Waals surface area contributed by atoms with Crippen LogP contribution in [0.3, 0.4) is 0 Å². The summed E-state index contributed by atoms with van der Waals surface area (Å²) in [5.41, 5.74) is 0. The highest BCUT2D eigenvalue weighted by Gasteiger charge is 2.56. The second-order valence-electron chi connectivity index (χ2n) is 6.15. The Kier molecular flexibility index (Phi) is 5.40. The van der Waals surface area contributed by atoms with E-state index < -0.39 is 25.9 Å². The molecule has 0 aromatic carbocycles. The van der Waals surface area contributed by atoms with Crippen molar-refractivity contribution in [2.75, 3.05) is 27.4 Å². The standard InChI is InChI=1S/C13H23N2O6P/c1-14-11(16)7-20-13(17)12-9-5-4-8(15(9)2)6-10(12)21-22(3,18)19/h8-10,12,18-19H,4-7H2,1-3H3/p+2/t8?,9?,10-,12+/m0/s1. The molecule has 2 rings (SSSR count). The third-order valence-corrected chi connectivity index (χ3v) is 5.31. The van der Waals surface area contributed by atoms with E-state index in [-0.39, 0.29) is 18.6 Å². The van der Waals surface area contributed by atoms with Crippen LogP contribution in [0.1, 0.15) is 19.3 Å². The van der Waals surface area contributed by atoms with Crippen molar-refractivity contribution in [3.63, 3.8) is 0 Å². The second kappa shape index (κ2) is 6.76. The van der Waals surface area contributed by atoms with Gasteiger partial charge in [-0.1, -0.05) is 0 Å². The summed E-state index contributed by atoms with van der Waals surface area (Å²) >= 11 is 0. The number of rotatable bonds is 5. The van der Waals surface area contributed by atoms with E-state index in [4.69, 9.17) is 9.26 Å². The van der Waals surface area contributed by atoms with Crippen LogP contribution in [-0.4, -0.2) is 67.2 Å². The van der Waals surface area contributed by atoms with Crippen LogP contribution < -0.4 is 10.2 Å². The van der Waals surface area contributed by atoms with Gasteiger partial charge in [0.15, 0.2) is 6.61 Å². The molecule has 22 heavy (non-hydrogen) atoms. The first kappa shape index (κ1) is 17.6. The fourth-order valence-electron chi connectivity index (χ4n) is 3.58. The zero-order valence-electron chi connectivity index (χ0n) is 13.1. The Balaban J connectivity index is 2.10. The molecule has 0 radical (unpaired) electrons. The minimum atomic E-state index is -3.45. The predicted octanol–water partition coefficient (Wildman–Crippen LogP) is -1.90. The molecule has 8 nitrogen and oxygen atoms in total. The Labute approximate surface area is 130 Å². The average molecular weight is 336 g/mol. The van der Waals surface area contributed by atoms with E-state index >= 15 is 0 Å². The third kappa shape index (κ3) is 3.94. The van der Waals surface area contributed by atoms with Gasteiger partial charge in [0.25, 0.3) is 5.91 Å². The number of hydrogen-bond acceptors (Lipinski definition) is 6. The van der Waals surface area contributed by atoms with Gasteiger partial charge in [0.05, 0.1) is 13.1 Å². The highest BCUT2D eigenvalue weighted by atomic mass is 31.2. The summed E-state index contributed by atoms with van der Waals surface area (Å²) in [6, 6.07) is 0.372. The lowest BCUT2D eigenvalue weighted by Gasteiger charge is -2.37. The fraction of sp³-hybridized carbons (Fsp3) is 0.846. The molecule has 0 saturated carbocycles. The molecule has 9 heteroatoms. The van der Waals surface area contributed by atoms with Gasteiger partial charge in [-0.05, 0) is 0 Å². The molecule has 2 bridgehead atoms. The summed E-state index contributed by atoms with van der Waals surface area (Å²) in [7, 11) is 0.0531. The zero-order chi connectivity index (χ0) is 16.5. The number of nitrogens with one attached hydrogen (secondary N) is 2. The molecule has 3 unspecified atom stereocenters. The topological polar surface area (TPSA) is 110 Å². The van der Waals surface area contributed by atoms with Crippen molar-refractivity contribution in [2.24, 2.45) is 5.92 Å². The van der Waals surface area contributed by atoms with Crippen LogP contribution in [0.2, 0.25) is 0 Å². The van der Waals surface area contributed by atoms with E-state index in [0.29, 0.717) is 12.5 Å². The SMILES string of the molecule is CNC(=O)COC(=O)[C@@H]1C2CCC(C[C@@H]1O[P+](C)(O)O)[NH+]2C. The number of amides is 1. The molecule has 2 fully saturated rings. The van der Waals surface area contributed by atoms with Gasteiger partial charge in [0, 0.05) is 26.3 Å². The van der Waals surface area contributed by atoms with Gasteiger partial charge < -0.3 is 15.0 Å². The molecule has 2 aliphatic heterocycles. The molecule has 1 amide bonds. The Morgan fingerprint density at radius 2 is 2.05 bits per heavy atom. The summed E-state index contributed by atoms with van der Waals surface area (Å²) in [5, 5.41) is 2.39. The number of ether oxygens (including phenoxy) is 1. The van der Waals surface area contributed by atoms with Gasteiger partial charge >= 0.3 is 13.9 Å². The van der Waals surface area contributed by atoms with Gasteiger partial charge in [-0.15, -0.1) is 0 Å². The van der Waals surface area contributed by atoms with Gasteiger partial charge in [0.1, 0.15) is 24.7 Å². The van der Waals surface area contributed by atoms with E-state index in [1.165, 1.54) is 18.6 Å². The van der Waals surface area contributed by atoms with Crippen molar-refractivity contribution < 1.29 is 33.5 Å². The monoisotopic (exact) mass is 336 g/mol.